The highest BCUT2D eigenvalue weighted by atomic mass is 16.3. The predicted octanol–water partition coefficient (Wildman–Crippen LogP) is 4.53. The Labute approximate surface area is 147 Å². The second kappa shape index (κ2) is 6.95. The molecule has 0 saturated carbocycles. The molecule has 126 valence electrons. The molecule has 0 bridgehead atoms. The summed E-state index contributed by atoms with van der Waals surface area (Å²) in [6.07, 6.45) is 5.62. The Hall–Kier alpha value is -2.85. The minimum atomic E-state index is 0.165. The van der Waals surface area contributed by atoms with Crippen molar-refractivity contribution in [1.82, 2.24) is 14.9 Å². The first-order chi connectivity index (χ1) is 12.3. The summed E-state index contributed by atoms with van der Waals surface area (Å²) in [7, 11) is 0. The fourth-order valence-electron chi connectivity index (χ4n) is 2.94. The van der Waals surface area contributed by atoms with Crippen LogP contribution in [0.2, 0.25) is 0 Å². The Balaban J connectivity index is 1.37. The molecule has 2 heterocycles. The van der Waals surface area contributed by atoms with Crippen LogP contribution in [0.1, 0.15) is 29.9 Å². The van der Waals surface area contributed by atoms with Gasteiger partial charge in [-0.05, 0) is 30.2 Å². The van der Waals surface area contributed by atoms with E-state index in [1.165, 1.54) is 11.1 Å². The SMILES string of the molecule is C[C@@H](NCc1ccc(Cn2ccnc2)cc1)c1cc2ccccc2o1. The van der Waals surface area contributed by atoms with Gasteiger partial charge >= 0.3 is 0 Å². The van der Waals surface area contributed by atoms with Gasteiger partial charge in [0.2, 0.25) is 0 Å². The molecule has 2 aromatic carbocycles. The van der Waals surface area contributed by atoms with E-state index in [4.69, 9.17) is 4.42 Å². The largest absolute Gasteiger partial charge is 0.459 e. The Kier molecular flexibility index (Phi) is 4.36. The normalized spacial score (nSPS) is 12.5. The first-order valence-corrected chi connectivity index (χ1v) is 8.53. The van der Waals surface area contributed by atoms with Crippen LogP contribution >= 0.6 is 0 Å². The lowest BCUT2D eigenvalue weighted by atomic mass is 10.1. The van der Waals surface area contributed by atoms with Gasteiger partial charge < -0.3 is 14.3 Å². The summed E-state index contributed by atoms with van der Waals surface area (Å²) >= 11 is 0. The number of fused-ring (bicyclic) bond motifs is 1. The van der Waals surface area contributed by atoms with Gasteiger partial charge in [0.1, 0.15) is 11.3 Å². The summed E-state index contributed by atoms with van der Waals surface area (Å²) < 4.78 is 7.99. The van der Waals surface area contributed by atoms with E-state index < -0.39 is 0 Å². The highest BCUT2D eigenvalue weighted by Gasteiger charge is 2.10. The maximum atomic E-state index is 5.92. The van der Waals surface area contributed by atoms with E-state index in [1.54, 1.807) is 6.20 Å². The van der Waals surface area contributed by atoms with E-state index >= 15 is 0 Å². The number of hydrogen-bond donors (Lipinski definition) is 1. The number of rotatable bonds is 6. The van der Waals surface area contributed by atoms with Crippen LogP contribution in [0.4, 0.5) is 0 Å². The smallest absolute Gasteiger partial charge is 0.134 e. The number of furan rings is 1. The van der Waals surface area contributed by atoms with Gasteiger partial charge in [-0.15, -0.1) is 0 Å². The summed E-state index contributed by atoms with van der Waals surface area (Å²) in [6, 6.07) is 19.1. The standard InChI is InChI=1S/C21H21N3O/c1-16(21-12-19-4-2-3-5-20(19)25-21)23-13-17-6-8-18(9-7-17)14-24-11-10-22-15-24/h2-12,15-16,23H,13-14H2,1H3/t16-/m1/s1. The van der Waals surface area contributed by atoms with Crippen LogP contribution < -0.4 is 5.32 Å². The summed E-state index contributed by atoms with van der Waals surface area (Å²) in [6.45, 7) is 3.79. The average molecular weight is 331 g/mol. The molecule has 0 radical (unpaired) electrons. The van der Waals surface area contributed by atoms with E-state index in [9.17, 15) is 0 Å². The van der Waals surface area contributed by atoms with Crippen molar-refractivity contribution in [3.8, 4) is 0 Å². The number of para-hydroxylation sites is 1. The van der Waals surface area contributed by atoms with Gasteiger partial charge in [0.15, 0.2) is 0 Å². The molecule has 4 nitrogen and oxygen atoms in total. The number of nitrogens with zero attached hydrogens (tertiary/aromatic N) is 2. The zero-order chi connectivity index (χ0) is 17.1. The lowest BCUT2D eigenvalue weighted by molar-refractivity contribution is 0.451. The van der Waals surface area contributed by atoms with Crippen molar-refractivity contribution in [3.63, 3.8) is 0 Å². The first-order valence-electron chi connectivity index (χ1n) is 8.53. The van der Waals surface area contributed by atoms with Crippen LogP contribution in [0, 0.1) is 0 Å². The molecule has 0 spiro atoms. The molecule has 0 aliphatic rings. The molecule has 4 rings (SSSR count). The van der Waals surface area contributed by atoms with Crippen LogP contribution in [0.25, 0.3) is 11.0 Å². The third-order valence-corrected chi connectivity index (χ3v) is 4.43. The molecule has 0 saturated heterocycles. The molecule has 0 unspecified atom stereocenters. The van der Waals surface area contributed by atoms with Gasteiger partial charge in [0.25, 0.3) is 0 Å². The molecule has 0 amide bonds. The Morgan fingerprint density at radius 2 is 1.88 bits per heavy atom. The maximum Gasteiger partial charge on any atom is 0.134 e. The second-order valence-electron chi connectivity index (χ2n) is 6.34. The van der Waals surface area contributed by atoms with Gasteiger partial charge in [-0.3, -0.25) is 0 Å². The molecule has 25 heavy (non-hydrogen) atoms. The van der Waals surface area contributed by atoms with Gasteiger partial charge in [-0.2, -0.15) is 0 Å². The third-order valence-electron chi connectivity index (χ3n) is 4.43. The summed E-state index contributed by atoms with van der Waals surface area (Å²) in [5.74, 6) is 0.970. The second-order valence-corrected chi connectivity index (χ2v) is 6.34. The van der Waals surface area contributed by atoms with Gasteiger partial charge in [0.05, 0.1) is 12.4 Å². The topological polar surface area (TPSA) is 43.0 Å². The van der Waals surface area contributed by atoms with Crippen molar-refractivity contribution in [3.05, 3.63) is 90.2 Å². The van der Waals surface area contributed by atoms with Crippen LogP contribution in [0.5, 0.6) is 0 Å². The lowest BCUT2D eigenvalue weighted by Crippen LogP contribution is -2.17. The Morgan fingerprint density at radius 1 is 1.08 bits per heavy atom. The van der Waals surface area contributed by atoms with Gasteiger partial charge in [-0.25, -0.2) is 4.98 Å². The molecular formula is C21H21N3O. The predicted molar refractivity (Wildman–Crippen MR) is 99.2 cm³/mol. The molecule has 0 fully saturated rings. The van der Waals surface area contributed by atoms with Crippen LogP contribution in [-0.4, -0.2) is 9.55 Å². The van der Waals surface area contributed by atoms with Crippen molar-refractivity contribution in [2.24, 2.45) is 0 Å². The van der Waals surface area contributed by atoms with Gasteiger partial charge in [0, 0.05) is 30.9 Å². The van der Waals surface area contributed by atoms with Gasteiger partial charge in [-0.1, -0.05) is 42.5 Å². The first kappa shape index (κ1) is 15.7. The molecule has 4 aromatic rings. The number of nitrogens with one attached hydrogen (secondary N) is 1. The molecule has 2 aromatic heterocycles. The van der Waals surface area contributed by atoms with Crippen molar-refractivity contribution >= 4 is 11.0 Å². The van der Waals surface area contributed by atoms with E-state index in [0.29, 0.717) is 0 Å². The number of benzene rings is 2. The zero-order valence-electron chi connectivity index (χ0n) is 14.2. The summed E-state index contributed by atoms with van der Waals surface area (Å²) in [4.78, 5) is 4.07. The highest BCUT2D eigenvalue weighted by molar-refractivity contribution is 5.77. The zero-order valence-corrected chi connectivity index (χ0v) is 14.2. The average Bonchev–Trinajstić information content (AvgIpc) is 3.30. The van der Waals surface area contributed by atoms with Crippen molar-refractivity contribution < 1.29 is 4.42 Å². The van der Waals surface area contributed by atoms with E-state index in [1.807, 2.05) is 30.7 Å². The minimum Gasteiger partial charge on any atom is -0.459 e. The van der Waals surface area contributed by atoms with Crippen molar-refractivity contribution in [2.75, 3.05) is 0 Å². The van der Waals surface area contributed by atoms with Crippen molar-refractivity contribution in [2.45, 2.75) is 26.1 Å². The number of imidazole rings is 1. The molecule has 4 heteroatoms. The Bertz CT molecular complexity index is 906. The van der Waals surface area contributed by atoms with E-state index in [0.717, 1.165) is 29.8 Å². The van der Waals surface area contributed by atoms with E-state index in [-0.39, 0.29) is 6.04 Å². The quantitative estimate of drug-likeness (QED) is 0.564. The number of hydrogen-bond acceptors (Lipinski definition) is 3. The molecule has 0 aliphatic carbocycles. The highest BCUT2D eigenvalue weighted by Crippen LogP contribution is 2.23. The molecular weight excluding hydrogens is 310 g/mol. The summed E-state index contributed by atoms with van der Waals surface area (Å²) in [5.41, 5.74) is 3.47. The fraction of sp³-hybridized carbons (Fsp3) is 0.190. The Morgan fingerprint density at radius 3 is 2.64 bits per heavy atom. The van der Waals surface area contributed by atoms with Crippen LogP contribution in [0.15, 0.2) is 77.7 Å². The van der Waals surface area contributed by atoms with Crippen LogP contribution in [-0.2, 0) is 13.1 Å². The van der Waals surface area contributed by atoms with Crippen molar-refractivity contribution in [1.29, 1.82) is 0 Å². The molecule has 1 N–H and O–H groups in total. The third kappa shape index (κ3) is 3.64. The summed E-state index contributed by atoms with van der Waals surface area (Å²) in [5, 5.41) is 4.68. The monoisotopic (exact) mass is 331 g/mol. The lowest BCUT2D eigenvalue weighted by Gasteiger charge is -2.12. The number of aromatic nitrogens is 2. The van der Waals surface area contributed by atoms with Crippen LogP contribution in [0.3, 0.4) is 0 Å². The van der Waals surface area contributed by atoms with E-state index in [2.05, 4.69) is 58.2 Å². The fourth-order valence-corrected chi connectivity index (χ4v) is 2.94. The molecule has 0 aliphatic heterocycles. The minimum absolute atomic E-state index is 0.165. The molecule has 1 atom stereocenters. The maximum absolute atomic E-state index is 5.92.